The van der Waals surface area contributed by atoms with Gasteiger partial charge in [0.2, 0.25) is 0 Å². The van der Waals surface area contributed by atoms with Gasteiger partial charge >= 0.3 is 5.97 Å². The molecule has 3 heteroatoms. The lowest BCUT2D eigenvalue weighted by Gasteiger charge is -2.28. The SMILES string of the molecule is Cc1cccc(N2C=C(C(=O)O)c3ccccc3C2)c1. The molecule has 20 heavy (non-hydrogen) atoms. The Labute approximate surface area is 117 Å². The monoisotopic (exact) mass is 265 g/mol. The first-order chi connectivity index (χ1) is 9.65. The van der Waals surface area contributed by atoms with Gasteiger partial charge in [-0.2, -0.15) is 0 Å². The van der Waals surface area contributed by atoms with Crippen molar-refractivity contribution in [1.29, 1.82) is 0 Å². The van der Waals surface area contributed by atoms with Crippen molar-refractivity contribution < 1.29 is 9.90 Å². The molecule has 100 valence electrons. The third-order valence-corrected chi connectivity index (χ3v) is 3.50. The predicted octanol–water partition coefficient (Wildman–Crippen LogP) is 3.44. The van der Waals surface area contributed by atoms with Gasteiger partial charge in [-0.05, 0) is 35.7 Å². The van der Waals surface area contributed by atoms with E-state index in [-0.39, 0.29) is 0 Å². The summed E-state index contributed by atoms with van der Waals surface area (Å²) in [6.07, 6.45) is 1.72. The second kappa shape index (κ2) is 4.85. The highest BCUT2D eigenvalue weighted by Crippen LogP contribution is 2.30. The number of aryl methyl sites for hydroxylation is 1. The summed E-state index contributed by atoms with van der Waals surface area (Å²) in [7, 11) is 0. The molecule has 0 aliphatic carbocycles. The molecule has 1 aliphatic rings. The highest BCUT2D eigenvalue weighted by Gasteiger charge is 2.22. The van der Waals surface area contributed by atoms with Crippen LogP contribution in [0.1, 0.15) is 16.7 Å². The average molecular weight is 265 g/mol. The summed E-state index contributed by atoms with van der Waals surface area (Å²) in [5, 5.41) is 9.41. The molecule has 0 bridgehead atoms. The number of anilines is 1. The van der Waals surface area contributed by atoms with Crippen LogP contribution in [0.2, 0.25) is 0 Å². The number of carboxylic acid groups (broad SMARTS) is 1. The number of fused-ring (bicyclic) bond motifs is 1. The maximum atomic E-state index is 11.5. The van der Waals surface area contributed by atoms with Gasteiger partial charge < -0.3 is 10.0 Å². The van der Waals surface area contributed by atoms with Crippen LogP contribution in [-0.2, 0) is 11.3 Å². The van der Waals surface area contributed by atoms with Gasteiger partial charge in [-0.3, -0.25) is 0 Å². The molecule has 1 N–H and O–H groups in total. The number of nitrogens with zero attached hydrogens (tertiary/aromatic N) is 1. The molecule has 0 atom stereocenters. The Morgan fingerprint density at radius 2 is 1.95 bits per heavy atom. The second-order valence-electron chi connectivity index (χ2n) is 4.97. The molecule has 3 nitrogen and oxygen atoms in total. The van der Waals surface area contributed by atoms with Gasteiger partial charge in [0.05, 0.1) is 5.57 Å². The van der Waals surface area contributed by atoms with Gasteiger partial charge in [0.15, 0.2) is 0 Å². The van der Waals surface area contributed by atoms with Crippen LogP contribution in [0, 0.1) is 6.92 Å². The summed E-state index contributed by atoms with van der Waals surface area (Å²) in [4.78, 5) is 13.5. The summed E-state index contributed by atoms with van der Waals surface area (Å²) in [5.41, 5.74) is 4.36. The Hall–Kier alpha value is -2.55. The molecular weight excluding hydrogens is 250 g/mol. The number of hydrogen-bond acceptors (Lipinski definition) is 2. The summed E-state index contributed by atoms with van der Waals surface area (Å²) in [6.45, 7) is 2.72. The molecular formula is C17H15NO2. The minimum atomic E-state index is -0.894. The quantitative estimate of drug-likeness (QED) is 0.904. The molecule has 0 unspecified atom stereocenters. The Kier molecular flexibility index (Phi) is 3.03. The van der Waals surface area contributed by atoms with Gasteiger partial charge in [0.25, 0.3) is 0 Å². The third kappa shape index (κ3) is 2.18. The highest BCUT2D eigenvalue weighted by atomic mass is 16.4. The lowest BCUT2D eigenvalue weighted by atomic mass is 9.96. The van der Waals surface area contributed by atoms with Crippen LogP contribution in [0.3, 0.4) is 0 Å². The zero-order valence-electron chi connectivity index (χ0n) is 11.2. The van der Waals surface area contributed by atoms with E-state index in [4.69, 9.17) is 0 Å². The van der Waals surface area contributed by atoms with Crippen molar-refractivity contribution in [2.24, 2.45) is 0 Å². The zero-order chi connectivity index (χ0) is 14.1. The summed E-state index contributed by atoms with van der Waals surface area (Å²) in [6, 6.07) is 15.7. The normalized spacial score (nSPS) is 13.7. The van der Waals surface area contributed by atoms with E-state index < -0.39 is 5.97 Å². The van der Waals surface area contributed by atoms with Crippen molar-refractivity contribution >= 4 is 17.2 Å². The standard InChI is InChI=1S/C17H15NO2/c1-12-5-4-7-14(9-12)18-10-13-6-2-3-8-15(13)16(11-18)17(19)20/h2-9,11H,10H2,1H3,(H,19,20). The maximum absolute atomic E-state index is 11.5. The first kappa shape index (κ1) is 12.5. The molecule has 0 spiro atoms. The van der Waals surface area contributed by atoms with E-state index in [1.54, 1.807) is 6.20 Å². The zero-order valence-corrected chi connectivity index (χ0v) is 11.2. The topological polar surface area (TPSA) is 40.5 Å². The number of rotatable bonds is 2. The third-order valence-electron chi connectivity index (χ3n) is 3.50. The van der Waals surface area contributed by atoms with E-state index in [1.807, 2.05) is 54.3 Å². The molecule has 2 aromatic rings. The highest BCUT2D eigenvalue weighted by molar-refractivity contribution is 6.16. The fourth-order valence-electron chi connectivity index (χ4n) is 2.52. The van der Waals surface area contributed by atoms with Crippen LogP contribution >= 0.6 is 0 Å². The Morgan fingerprint density at radius 1 is 1.15 bits per heavy atom. The van der Waals surface area contributed by atoms with Crippen molar-refractivity contribution in [3.05, 3.63) is 71.4 Å². The van der Waals surface area contributed by atoms with Gasteiger partial charge in [-0.25, -0.2) is 4.79 Å². The van der Waals surface area contributed by atoms with Crippen LogP contribution in [-0.4, -0.2) is 11.1 Å². The van der Waals surface area contributed by atoms with E-state index in [9.17, 15) is 9.90 Å². The molecule has 0 fully saturated rings. The second-order valence-corrected chi connectivity index (χ2v) is 4.97. The van der Waals surface area contributed by atoms with Crippen LogP contribution in [0.4, 0.5) is 5.69 Å². The summed E-state index contributed by atoms with van der Waals surface area (Å²) in [5.74, 6) is -0.894. The van der Waals surface area contributed by atoms with Crippen molar-refractivity contribution in [3.8, 4) is 0 Å². The van der Waals surface area contributed by atoms with Crippen molar-refractivity contribution in [2.75, 3.05) is 4.90 Å². The fourth-order valence-corrected chi connectivity index (χ4v) is 2.52. The lowest BCUT2D eigenvalue weighted by molar-refractivity contribution is -0.130. The lowest BCUT2D eigenvalue weighted by Crippen LogP contribution is -2.23. The number of benzene rings is 2. The number of carbonyl (C=O) groups is 1. The van der Waals surface area contributed by atoms with Crippen LogP contribution in [0.5, 0.6) is 0 Å². The molecule has 0 radical (unpaired) electrons. The molecule has 0 aromatic heterocycles. The maximum Gasteiger partial charge on any atom is 0.337 e. The Morgan fingerprint density at radius 3 is 2.70 bits per heavy atom. The first-order valence-electron chi connectivity index (χ1n) is 6.52. The van der Waals surface area contributed by atoms with Gasteiger partial charge in [0.1, 0.15) is 0 Å². The number of aliphatic carboxylic acids is 1. The molecule has 1 aliphatic heterocycles. The van der Waals surface area contributed by atoms with Crippen molar-refractivity contribution in [1.82, 2.24) is 0 Å². The summed E-state index contributed by atoms with van der Waals surface area (Å²) >= 11 is 0. The van der Waals surface area contributed by atoms with E-state index in [0.717, 1.165) is 22.4 Å². The van der Waals surface area contributed by atoms with Crippen LogP contribution in [0.15, 0.2) is 54.7 Å². The van der Waals surface area contributed by atoms with Crippen LogP contribution < -0.4 is 4.90 Å². The van der Waals surface area contributed by atoms with Gasteiger partial charge in [-0.15, -0.1) is 0 Å². The van der Waals surface area contributed by atoms with E-state index in [2.05, 4.69) is 6.07 Å². The van der Waals surface area contributed by atoms with Crippen LogP contribution in [0.25, 0.3) is 5.57 Å². The summed E-state index contributed by atoms with van der Waals surface area (Å²) < 4.78 is 0. The molecule has 1 heterocycles. The number of carboxylic acids is 1. The molecule has 3 rings (SSSR count). The van der Waals surface area contributed by atoms with E-state index in [1.165, 1.54) is 0 Å². The van der Waals surface area contributed by atoms with E-state index >= 15 is 0 Å². The minimum absolute atomic E-state index is 0.341. The molecule has 2 aromatic carbocycles. The average Bonchev–Trinajstić information content (AvgIpc) is 2.46. The van der Waals surface area contributed by atoms with E-state index in [0.29, 0.717) is 12.1 Å². The number of hydrogen-bond donors (Lipinski definition) is 1. The Balaban J connectivity index is 2.09. The van der Waals surface area contributed by atoms with Gasteiger partial charge in [-0.1, -0.05) is 36.4 Å². The molecule has 0 saturated heterocycles. The first-order valence-corrected chi connectivity index (χ1v) is 6.52. The van der Waals surface area contributed by atoms with Crippen molar-refractivity contribution in [2.45, 2.75) is 13.5 Å². The minimum Gasteiger partial charge on any atom is -0.478 e. The van der Waals surface area contributed by atoms with Crippen molar-refractivity contribution in [3.63, 3.8) is 0 Å². The molecule has 0 saturated carbocycles. The Bertz CT molecular complexity index is 704. The smallest absolute Gasteiger partial charge is 0.337 e. The van der Waals surface area contributed by atoms with Gasteiger partial charge in [0, 0.05) is 18.4 Å². The largest absolute Gasteiger partial charge is 0.478 e. The predicted molar refractivity (Wildman–Crippen MR) is 79.4 cm³/mol. The molecule has 0 amide bonds. The fraction of sp³-hybridized carbons (Fsp3) is 0.118.